The highest BCUT2D eigenvalue weighted by Crippen LogP contribution is 2.30. The molecule has 0 spiro atoms. The second-order valence-corrected chi connectivity index (χ2v) is 8.63. The monoisotopic (exact) mass is 455 g/mol. The number of benzene rings is 2. The third-order valence-corrected chi connectivity index (χ3v) is 6.39. The molecule has 0 saturated carbocycles. The van der Waals surface area contributed by atoms with Gasteiger partial charge in [-0.2, -0.15) is 0 Å². The zero-order valence-electron chi connectivity index (χ0n) is 16.5. The van der Waals surface area contributed by atoms with Gasteiger partial charge in [-0.25, -0.2) is 0 Å². The molecular formula is C23H26BrN3O2. The quantitative estimate of drug-likeness (QED) is 0.625. The molecule has 0 N–H and O–H groups in total. The summed E-state index contributed by atoms with van der Waals surface area (Å²) in [6.07, 6.45) is 1.12. The van der Waals surface area contributed by atoms with Crippen molar-refractivity contribution in [2.75, 3.05) is 44.2 Å². The van der Waals surface area contributed by atoms with Gasteiger partial charge in [0.25, 0.3) is 0 Å². The van der Waals surface area contributed by atoms with Crippen LogP contribution >= 0.6 is 15.9 Å². The molecule has 0 aliphatic carbocycles. The Bertz CT molecular complexity index is 848. The van der Waals surface area contributed by atoms with E-state index in [0.29, 0.717) is 6.54 Å². The summed E-state index contributed by atoms with van der Waals surface area (Å²) in [4.78, 5) is 31.5. The van der Waals surface area contributed by atoms with Crippen LogP contribution in [0.15, 0.2) is 59.1 Å². The molecule has 0 radical (unpaired) electrons. The number of hydrogen-bond donors (Lipinski definition) is 0. The molecule has 152 valence electrons. The molecule has 1 unspecified atom stereocenters. The van der Waals surface area contributed by atoms with E-state index >= 15 is 0 Å². The number of likely N-dealkylation sites (tertiary alicyclic amines) is 1. The van der Waals surface area contributed by atoms with Gasteiger partial charge in [0.1, 0.15) is 0 Å². The lowest BCUT2D eigenvalue weighted by atomic mass is 9.98. The summed E-state index contributed by atoms with van der Waals surface area (Å²) >= 11 is 3.41. The average Bonchev–Trinajstić information content (AvgIpc) is 3.04. The van der Waals surface area contributed by atoms with E-state index in [0.717, 1.165) is 49.2 Å². The fourth-order valence-electron chi connectivity index (χ4n) is 4.19. The number of amides is 2. The van der Waals surface area contributed by atoms with Crippen LogP contribution in [0.3, 0.4) is 0 Å². The van der Waals surface area contributed by atoms with Crippen LogP contribution in [0.25, 0.3) is 0 Å². The molecule has 1 atom stereocenters. The van der Waals surface area contributed by atoms with Crippen molar-refractivity contribution in [3.05, 3.63) is 64.6 Å². The van der Waals surface area contributed by atoms with E-state index in [1.54, 1.807) is 0 Å². The molecule has 4 rings (SSSR count). The summed E-state index contributed by atoms with van der Waals surface area (Å²) in [5.41, 5.74) is 2.20. The van der Waals surface area contributed by atoms with E-state index < -0.39 is 0 Å². The van der Waals surface area contributed by atoms with Gasteiger partial charge in [0, 0.05) is 49.3 Å². The summed E-state index contributed by atoms with van der Waals surface area (Å²) in [7, 11) is 0. The maximum atomic E-state index is 12.8. The fraction of sp³-hybridized carbons (Fsp3) is 0.391. The van der Waals surface area contributed by atoms with E-state index in [4.69, 9.17) is 0 Å². The molecule has 0 bridgehead atoms. The first-order valence-electron chi connectivity index (χ1n) is 10.2. The van der Waals surface area contributed by atoms with E-state index in [-0.39, 0.29) is 24.2 Å². The minimum Gasteiger partial charge on any atom is -0.369 e. The third kappa shape index (κ3) is 4.70. The number of imide groups is 1. The van der Waals surface area contributed by atoms with Gasteiger partial charge in [0.15, 0.2) is 0 Å². The number of para-hydroxylation sites is 1. The Kier molecular flexibility index (Phi) is 6.31. The zero-order chi connectivity index (χ0) is 20.2. The molecule has 5 nitrogen and oxygen atoms in total. The van der Waals surface area contributed by atoms with Crippen molar-refractivity contribution in [3.63, 3.8) is 0 Å². The van der Waals surface area contributed by atoms with Crippen LogP contribution in [0.5, 0.6) is 0 Å². The predicted octanol–water partition coefficient (Wildman–Crippen LogP) is 3.50. The zero-order valence-corrected chi connectivity index (χ0v) is 18.1. The van der Waals surface area contributed by atoms with E-state index in [2.05, 4.69) is 50.0 Å². The first-order valence-corrected chi connectivity index (χ1v) is 11.0. The van der Waals surface area contributed by atoms with Crippen molar-refractivity contribution in [3.8, 4) is 0 Å². The largest absolute Gasteiger partial charge is 0.369 e. The fourth-order valence-corrected chi connectivity index (χ4v) is 4.46. The van der Waals surface area contributed by atoms with Gasteiger partial charge in [0.2, 0.25) is 11.8 Å². The summed E-state index contributed by atoms with van der Waals surface area (Å²) in [5.74, 6) is -0.423. The highest BCUT2D eigenvalue weighted by atomic mass is 79.9. The molecule has 0 aromatic heterocycles. The van der Waals surface area contributed by atoms with Gasteiger partial charge < -0.3 is 4.90 Å². The number of rotatable bonds is 6. The number of piperazine rings is 1. The van der Waals surface area contributed by atoms with Crippen molar-refractivity contribution in [1.29, 1.82) is 0 Å². The molecule has 2 aromatic carbocycles. The Morgan fingerprint density at radius 3 is 2.24 bits per heavy atom. The van der Waals surface area contributed by atoms with Crippen molar-refractivity contribution in [1.82, 2.24) is 9.80 Å². The minimum atomic E-state index is -0.329. The van der Waals surface area contributed by atoms with Crippen LogP contribution in [0.2, 0.25) is 0 Å². The average molecular weight is 456 g/mol. The van der Waals surface area contributed by atoms with Gasteiger partial charge in [-0.3, -0.25) is 19.4 Å². The lowest BCUT2D eigenvalue weighted by molar-refractivity contribution is -0.138. The van der Waals surface area contributed by atoms with E-state index in [1.165, 1.54) is 10.6 Å². The highest BCUT2D eigenvalue weighted by Gasteiger charge is 2.38. The molecule has 2 amide bonds. The smallest absolute Gasteiger partial charge is 0.237 e. The van der Waals surface area contributed by atoms with E-state index in [1.807, 2.05) is 30.3 Å². The predicted molar refractivity (Wildman–Crippen MR) is 118 cm³/mol. The Hall–Kier alpha value is -2.18. The minimum absolute atomic E-state index is 0.0446. The Labute approximate surface area is 180 Å². The first kappa shape index (κ1) is 20.1. The van der Waals surface area contributed by atoms with Gasteiger partial charge in [-0.15, -0.1) is 0 Å². The lowest BCUT2D eigenvalue weighted by Gasteiger charge is -2.36. The summed E-state index contributed by atoms with van der Waals surface area (Å²) in [6, 6.07) is 18.2. The maximum Gasteiger partial charge on any atom is 0.237 e. The summed E-state index contributed by atoms with van der Waals surface area (Å²) < 4.78 is 0.974. The van der Waals surface area contributed by atoms with Crippen LogP contribution in [-0.2, 0) is 9.59 Å². The number of nitrogens with zero attached hydrogens (tertiary/aromatic N) is 3. The van der Waals surface area contributed by atoms with Crippen LogP contribution in [0.1, 0.15) is 24.3 Å². The topological polar surface area (TPSA) is 43.9 Å². The third-order valence-electron chi connectivity index (χ3n) is 5.87. The molecule has 2 aliphatic heterocycles. The highest BCUT2D eigenvalue weighted by molar-refractivity contribution is 9.10. The number of carbonyl (C=O) groups is 2. The summed E-state index contributed by atoms with van der Waals surface area (Å²) in [5, 5.41) is 0. The second kappa shape index (κ2) is 9.09. The molecule has 6 heteroatoms. The molecule has 2 aliphatic rings. The van der Waals surface area contributed by atoms with Crippen molar-refractivity contribution in [2.24, 2.45) is 0 Å². The van der Waals surface area contributed by atoms with Gasteiger partial charge in [-0.05, 0) is 42.8 Å². The number of carbonyl (C=O) groups excluding carboxylic acids is 2. The molecule has 2 aromatic rings. The van der Waals surface area contributed by atoms with Crippen LogP contribution in [0, 0.1) is 0 Å². The van der Waals surface area contributed by atoms with Crippen molar-refractivity contribution >= 4 is 33.4 Å². The number of halogens is 1. The first-order chi connectivity index (χ1) is 14.1. The molecule has 29 heavy (non-hydrogen) atoms. The lowest BCUT2D eigenvalue weighted by Crippen LogP contribution is -2.47. The molecule has 2 saturated heterocycles. The Morgan fingerprint density at radius 1 is 0.862 bits per heavy atom. The van der Waals surface area contributed by atoms with Crippen LogP contribution in [-0.4, -0.2) is 60.9 Å². The number of hydrogen-bond acceptors (Lipinski definition) is 4. The molecule has 2 fully saturated rings. The number of anilines is 1. The Balaban J connectivity index is 1.24. The Morgan fingerprint density at radius 2 is 1.55 bits per heavy atom. The van der Waals surface area contributed by atoms with Crippen molar-refractivity contribution < 1.29 is 9.59 Å². The SMILES string of the molecule is O=C1CC(c2ccc(Br)cc2)C(=O)N1CCCN1CCN(c2ccccc2)CC1. The molecule has 2 heterocycles. The van der Waals surface area contributed by atoms with Crippen LogP contribution in [0.4, 0.5) is 5.69 Å². The van der Waals surface area contributed by atoms with Gasteiger partial charge in [0.05, 0.1) is 5.92 Å². The van der Waals surface area contributed by atoms with Gasteiger partial charge >= 0.3 is 0 Å². The normalized spacial score (nSPS) is 20.5. The standard InChI is InChI=1S/C23H26BrN3O2/c24-19-9-7-18(8-10-19)21-17-22(28)27(23(21)29)12-4-11-25-13-15-26(16-14-25)20-5-2-1-3-6-20/h1-3,5-10,21H,4,11-17H2. The second-order valence-electron chi connectivity index (χ2n) is 7.71. The summed E-state index contributed by atoms with van der Waals surface area (Å²) in [6.45, 7) is 5.48. The van der Waals surface area contributed by atoms with E-state index in [9.17, 15) is 9.59 Å². The van der Waals surface area contributed by atoms with Crippen LogP contribution < -0.4 is 4.90 Å². The van der Waals surface area contributed by atoms with Gasteiger partial charge in [-0.1, -0.05) is 46.3 Å². The molecular weight excluding hydrogens is 430 g/mol. The maximum absolute atomic E-state index is 12.8. The van der Waals surface area contributed by atoms with Crippen molar-refractivity contribution in [2.45, 2.75) is 18.8 Å².